The number of thioether (sulfide) groups is 1. The summed E-state index contributed by atoms with van der Waals surface area (Å²) in [6.45, 7) is 2.08. The van der Waals surface area contributed by atoms with Crippen molar-refractivity contribution in [3.63, 3.8) is 0 Å². The lowest BCUT2D eigenvalue weighted by molar-refractivity contribution is -0.134. The molecular formula is C18H23N5O3S. The quantitative estimate of drug-likeness (QED) is 0.842. The van der Waals surface area contributed by atoms with Crippen molar-refractivity contribution in [1.29, 1.82) is 0 Å². The molecule has 0 bridgehead atoms. The number of hydrogen-bond acceptors (Lipinski definition) is 6. The maximum atomic E-state index is 12.3. The average Bonchev–Trinajstić information content (AvgIpc) is 3.00. The van der Waals surface area contributed by atoms with E-state index >= 15 is 0 Å². The molecule has 9 heteroatoms. The van der Waals surface area contributed by atoms with Gasteiger partial charge in [-0.05, 0) is 24.1 Å². The van der Waals surface area contributed by atoms with Gasteiger partial charge in [0.1, 0.15) is 6.17 Å². The zero-order chi connectivity index (χ0) is 19.7. The highest BCUT2D eigenvalue weighted by molar-refractivity contribution is 8.14. The van der Waals surface area contributed by atoms with E-state index < -0.39 is 12.2 Å². The number of carbonyl (C=O) groups is 3. The van der Waals surface area contributed by atoms with Crippen molar-refractivity contribution in [2.75, 3.05) is 32.2 Å². The van der Waals surface area contributed by atoms with Gasteiger partial charge >= 0.3 is 6.03 Å². The van der Waals surface area contributed by atoms with Crippen molar-refractivity contribution in [3.05, 3.63) is 29.8 Å². The number of likely N-dealkylation sites (N-methyl/N-ethyl adjacent to an activating group) is 3. The Morgan fingerprint density at radius 3 is 2.44 bits per heavy atom. The Hall–Kier alpha value is -2.55. The van der Waals surface area contributed by atoms with Crippen LogP contribution in [-0.2, 0) is 16.0 Å². The minimum atomic E-state index is -0.658. The second-order valence-corrected chi connectivity index (χ2v) is 7.50. The molecule has 2 unspecified atom stereocenters. The molecule has 4 amide bonds. The fourth-order valence-electron chi connectivity index (χ4n) is 3.19. The monoisotopic (exact) mass is 389 g/mol. The van der Waals surface area contributed by atoms with Gasteiger partial charge in [-0.15, -0.1) is 0 Å². The highest BCUT2D eigenvalue weighted by Gasteiger charge is 2.49. The number of rotatable bonds is 4. The lowest BCUT2D eigenvalue weighted by atomic mass is 10.1. The Balaban J connectivity index is 1.61. The summed E-state index contributed by atoms with van der Waals surface area (Å²) in [5.74, 6) is -0.311. The number of amidine groups is 1. The molecule has 1 aromatic rings. The Labute approximate surface area is 162 Å². The van der Waals surface area contributed by atoms with E-state index in [-0.39, 0.29) is 23.6 Å². The SMILES string of the molecule is CCc1ccc(NC(=O)CSC2=NC3C(=O)N(C)C(=O)N(C)C3N2C)cc1. The zero-order valence-electron chi connectivity index (χ0n) is 15.8. The van der Waals surface area contributed by atoms with E-state index in [4.69, 9.17) is 0 Å². The van der Waals surface area contributed by atoms with Crippen LogP contribution in [0.5, 0.6) is 0 Å². The molecule has 27 heavy (non-hydrogen) atoms. The number of fused-ring (bicyclic) bond motifs is 1. The number of carbonyl (C=O) groups excluding carboxylic acids is 3. The number of benzene rings is 1. The van der Waals surface area contributed by atoms with Gasteiger partial charge in [-0.1, -0.05) is 30.8 Å². The minimum absolute atomic E-state index is 0.150. The van der Waals surface area contributed by atoms with Crippen molar-refractivity contribution in [2.24, 2.45) is 4.99 Å². The molecule has 3 rings (SSSR count). The van der Waals surface area contributed by atoms with Gasteiger partial charge in [0.25, 0.3) is 5.91 Å². The molecule has 0 radical (unpaired) electrons. The first-order valence-electron chi connectivity index (χ1n) is 8.70. The van der Waals surface area contributed by atoms with Crippen LogP contribution in [0.3, 0.4) is 0 Å². The first-order chi connectivity index (χ1) is 12.8. The Morgan fingerprint density at radius 2 is 1.81 bits per heavy atom. The van der Waals surface area contributed by atoms with E-state index in [1.54, 1.807) is 19.0 Å². The molecule has 8 nitrogen and oxygen atoms in total. The first-order valence-corrected chi connectivity index (χ1v) is 9.68. The van der Waals surface area contributed by atoms with Crippen LogP contribution in [0, 0.1) is 0 Å². The van der Waals surface area contributed by atoms with Crippen LogP contribution in [0.4, 0.5) is 10.5 Å². The van der Waals surface area contributed by atoms with Crippen LogP contribution < -0.4 is 5.32 Å². The van der Waals surface area contributed by atoms with Gasteiger partial charge in [0.05, 0.1) is 5.75 Å². The minimum Gasteiger partial charge on any atom is -0.331 e. The summed E-state index contributed by atoms with van der Waals surface area (Å²) >= 11 is 1.25. The highest BCUT2D eigenvalue weighted by atomic mass is 32.2. The molecule has 2 aliphatic heterocycles. The van der Waals surface area contributed by atoms with Crippen LogP contribution in [0.15, 0.2) is 29.3 Å². The van der Waals surface area contributed by atoms with Gasteiger partial charge in [-0.2, -0.15) is 0 Å². The number of urea groups is 1. The smallest absolute Gasteiger partial charge is 0.327 e. The molecule has 1 saturated heterocycles. The molecule has 0 aromatic heterocycles. The maximum absolute atomic E-state index is 12.3. The summed E-state index contributed by atoms with van der Waals surface area (Å²) in [6, 6.07) is 6.71. The van der Waals surface area contributed by atoms with Crippen LogP contribution in [0.1, 0.15) is 12.5 Å². The summed E-state index contributed by atoms with van der Waals surface area (Å²) in [4.78, 5) is 45.5. The van der Waals surface area contributed by atoms with Crippen molar-refractivity contribution in [3.8, 4) is 0 Å². The van der Waals surface area contributed by atoms with E-state index in [9.17, 15) is 14.4 Å². The predicted molar refractivity (Wildman–Crippen MR) is 106 cm³/mol. The van der Waals surface area contributed by atoms with Gasteiger partial charge < -0.3 is 15.1 Å². The largest absolute Gasteiger partial charge is 0.331 e. The fraction of sp³-hybridized carbons (Fsp3) is 0.444. The normalized spacial score (nSPS) is 22.1. The van der Waals surface area contributed by atoms with Gasteiger partial charge in [0, 0.05) is 26.8 Å². The Morgan fingerprint density at radius 1 is 1.15 bits per heavy atom. The number of nitrogens with one attached hydrogen (secondary N) is 1. The van der Waals surface area contributed by atoms with Crippen LogP contribution in [0.2, 0.25) is 0 Å². The Kier molecular flexibility index (Phi) is 5.41. The first kappa shape index (κ1) is 19.2. The third-order valence-corrected chi connectivity index (χ3v) is 5.84. The highest BCUT2D eigenvalue weighted by Crippen LogP contribution is 2.29. The molecule has 144 valence electrons. The molecule has 2 heterocycles. The number of anilines is 1. The Bertz CT molecular complexity index is 795. The molecular weight excluding hydrogens is 366 g/mol. The van der Waals surface area contributed by atoms with Crippen molar-refractivity contribution >= 4 is 40.5 Å². The van der Waals surface area contributed by atoms with E-state index in [1.165, 1.54) is 29.3 Å². The topological polar surface area (TPSA) is 85.3 Å². The van der Waals surface area contributed by atoms with E-state index in [0.717, 1.165) is 17.0 Å². The van der Waals surface area contributed by atoms with Crippen molar-refractivity contribution in [1.82, 2.24) is 14.7 Å². The van der Waals surface area contributed by atoms with Gasteiger partial charge in [-0.25, -0.2) is 9.79 Å². The predicted octanol–water partition coefficient (Wildman–Crippen LogP) is 1.44. The van der Waals surface area contributed by atoms with Crippen LogP contribution in [0.25, 0.3) is 0 Å². The zero-order valence-corrected chi connectivity index (χ0v) is 16.6. The standard InChI is InChI=1S/C18H23N5O3S/c1-5-11-6-8-12(9-7-11)19-13(24)10-27-17-20-14-15(21(17)2)22(3)18(26)23(4)16(14)25/h6-9,14-15H,5,10H2,1-4H3,(H,19,24). The summed E-state index contributed by atoms with van der Waals surface area (Å²) < 4.78 is 0. The number of imide groups is 1. The van der Waals surface area contributed by atoms with Gasteiger partial charge in [-0.3, -0.25) is 14.5 Å². The molecule has 1 aromatic carbocycles. The van der Waals surface area contributed by atoms with Crippen LogP contribution in [-0.4, -0.2) is 76.8 Å². The summed E-state index contributed by atoms with van der Waals surface area (Å²) in [7, 11) is 4.88. The molecule has 0 spiro atoms. The lowest BCUT2D eigenvalue weighted by Crippen LogP contribution is -2.63. The second-order valence-electron chi connectivity index (χ2n) is 6.56. The van der Waals surface area contributed by atoms with Crippen molar-refractivity contribution < 1.29 is 14.4 Å². The maximum Gasteiger partial charge on any atom is 0.327 e. The molecule has 1 N–H and O–H groups in total. The number of aliphatic imine (C=N–C) groups is 1. The van der Waals surface area contributed by atoms with Crippen molar-refractivity contribution in [2.45, 2.75) is 25.6 Å². The van der Waals surface area contributed by atoms with Gasteiger partial charge in [0.2, 0.25) is 5.91 Å². The number of nitrogens with zero attached hydrogens (tertiary/aromatic N) is 4. The van der Waals surface area contributed by atoms with Crippen LogP contribution >= 0.6 is 11.8 Å². The summed E-state index contributed by atoms with van der Waals surface area (Å²) in [5.41, 5.74) is 1.95. The molecule has 2 aliphatic rings. The third kappa shape index (κ3) is 3.64. The average molecular weight is 389 g/mol. The summed E-state index contributed by atoms with van der Waals surface area (Å²) in [6.07, 6.45) is 0.497. The third-order valence-electron chi connectivity index (χ3n) is 4.78. The number of aryl methyl sites for hydroxylation is 1. The fourth-order valence-corrected chi connectivity index (χ4v) is 4.02. The molecule has 0 saturated carbocycles. The van der Waals surface area contributed by atoms with E-state index in [2.05, 4.69) is 17.2 Å². The second kappa shape index (κ2) is 7.59. The molecule has 1 fully saturated rings. The molecule has 2 atom stereocenters. The number of amides is 4. The van der Waals surface area contributed by atoms with Gasteiger partial charge in [0.15, 0.2) is 11.2 Å². The lowest BCUT2D eigenvalue weighted by Gasteiger charge is -2.40. The summed E-state index contributed by atoms with van der Waals surface area (Å²) in [5, 5.41) is 3.43. The number of hydrogen-bond donors (Lipinski definition) is 1. The van der Waals surface area contributed by atoms with E-state index in [0.29, 0.717) is 5.17 Å². The molecule has 0 aliphatic carbocycles. The van der Waals surface area contributed by atoms with E-state index in [1.807, 2.05) is 24.3 Å².